The third-order valence-electron chi connectivity index (χ3n) is 1.73. The van der Waals surface area contributed by atoms with Crippen LogP contribution in [-0.2, 0) is 6.54 Å². The normalized spacial score (nSPS) is 10.1. The largest absolute Gasteiger partial charge is 0.364 e. The highest BCUT2D eigenvalue weighted by atomic mass is 19.1. The van der Waals surface area contributed by atoms with Crippen LogP contribution >= 0.6 is 0 Å². The molecule has 0 bridgehead atoms. The Labute approximate surface area is 80.2 Å². The van der Waals surface area contributed by atoms with Crippen LogP contribution in [0.25, 0.3) is 0 Å². The number of H-pyrrole nitrogens is 1. The summed E-state index contributed by atoms with van der Waals surface area (Å²) in [5, 5.41) is 2.97. The van der Waals surface area contributed by atoms with Gasteiger partial charge in [0.15, 0.2) is 0 Å². The van der Waals surface area contributed by atoms with Crippen molar-refractivity contribution in [3.63, 3.8) is 0 Å². The molecular weight excluding hydrogens is 183 g/mol. The molecule has 0 unspecified atom stereocenters. The van der Waals surface area contributed by atoms with E-state index in [1.165, 1.54) is 6.07 Å². The minimum Gasteiger partial charge on any atom is -0.364 e. The molecule has 0 fully saturated rings. The van der Waals surface area contributed by atoms with Gasteiger partial charge in [0, 0.05) is 6.20 Å². The van der Waals surface area contributed by atoms with Crippen molar-refractivity contribution in [2.45, 2.75) is 6.54 Å². The zero-order valence-electron chi connectivity index (χ0n) is 7.37. The summed E-state index contributed by atoms with van der Waals surface area (Å²) in [6, 6.07) is 4.62. The SMILES string of the molecule is Fc1cccc(NCc2cnc[nH]2)n1. The number of hydrogen-bond donors (Lipinski definition) is 2. The molecule has 2 N–H and O–H groups in total. The number of anilines is 1. The minimum atomic E-state index is -0.486. The van der Waals surface area contributed by atoms with E-state index < -0.39 is 5.95 Å². The summed E-state index contributed by atoms with van der Waals surface area (Å²) in [6.07, 6.45) is 3.29. The van der Waals surface area contributed by atoms with Crippen LogP contribution in [0, 0.1) is 5.95 Å². The van der Waals surface area contributed by atoms with Crippen molar-refractivity contribution in [1.29, 1.82) is 0 Å². The van der Waals surface area contributed by atoms with Crippen molar-refractivity contribution in [2.24, 2.45) is 0 Å². The first-order valence-corrected chi connectivity index (χ1v) is 4.18. The Bertz CT molecular complexity index is 399. The molecule has 72 valence electrons. The van der Waals surface area contributed by atoms with Crippen LogP contribution in [-0.4, -0.2) is 15.0 Å². The van der Waals surface area contributed by atoms with Crippen molar-refractivity contribution >= 4 is 5.82 Å². The number of nitrogens with zero attached hydrogens (tertiary/aromatic N) is 2. The monoisotopic (exact) mass is 192 g/mol. The van der Waals surface area contributed by atoms with Gasteiger partial charge in [-0.15, -0.1) is 0 Å². The van der Waals surface area contributed by atoms with E-state index >= 15 is 0 Å². The first-order valence-electron chi connectivity index (χ1n) is 4.18. The molecule has 0 aliphatic carbocycles. The molecule has 5 heteroatoms. The van der Waals surface area contributed by atoms with E-state index in [-0.39, 0.29) is 0 Å². The maximum atomic E-state index is 12.7. The number of aromatic amines is 1. The van der Waals surface area contributed by atoms with E-state index in [0.29, 0.717) is 12.4 Å². The van der Waals surface area contributed by atoms with Gasteiger partial charge in [0.05, 0.1) is 18.6 Å². The molecular formula is C9H9FN4. The molecule has 2 aromatic heterocycles. The predicted octanol–water partition coefficient (Wildman–Crippen LogP) is 1.56. The van der Waals surface area contributed by atoms with Gasteiger partial charge in [-0.05, 0) is 12.1 Å². The van der Waals surface area contributed by atoms with Gasteiger partial charge in [0.25, 0.3) is 0 Å². The van der Waals surface area contributed by atoms with Gasteiger partial charge >= 0.3 is 0 Å². The summed E-state index contributed by atoms with van der Waals surface area (Å²) in [5.41, 5.74) is 0.927. The molecule has 0 spiro atoms. The number of imidazole rings is 1. The third-order valence-corrected chi connectivity index (χ3v) is 1.73. The molecule has 0 amide bonds. The first kappa shape index (κ1) is 8.68. The van der Waals surface area contributed by atoms with Gasteiger partial charge in [0.2, 0.25) is 5.95 Å². The van der Waals surface area contributed by atoms with Crippen molar-refractivity contribution < 1.29 is 4.39 Å². The Kier molecular flexibility index (Phi) is 2.40. The standard InChI is InChI=1S/C9H9FN4/c10-8-2-1-3-9(14-8)12-5-7-4-11-6-13-7/h1-4,6H,5H2,(H,11,13)(H,12,14). The zero-order valence-corrected chi connectivity index (χ0v) is 7.37. The van der Waals surface area contributed by atoms with Gasteiger partial charge in [-0.1, -0.05) is 6.07 Å². The molecule has 0 atom stereocenters. The van der Waals surface area contributed by atoms with E-state index in [9.17, 15) is 4.39 Å². The molecule has 0 aliphatic rings. The summed E-state index contributed by atoms with van der Waals surface area (Å²) < 4.78 is 12.7. The number of hydrogen-bond acceptors (Lipinski definition) is 3. The lowest BCUT2D eigenvalue weighted by atomic mass is 10.4. The van der Waals surface area contributed by atoms with Crippen LogP contribution < -0.4 is 5.32 Å². The van der Waals surface area contributed by atoms with E-state index in [4.69, 9.17) is 0 Å². The van der Waals surface area contributed by atoms with Gasteiger partial charge < -0.3 is 10.3 Å². The quantitative estimate of drug-likeness (QED) is 0.725. The number of halogens is 1. The molecule has 0 aliphatic heterocycles. The first-order chi connectivity index (χ1) is 6.84. The molecule has 0 aromatic carbocycles. The highest BCUT2D eigenvalue weighted by Crippen LogP contribution is 2.04. The van der Waals surface area contributed by atoms with Crippen molar-refractivity contribution in [3.8, 4) is 0 Å². The summed E-state index contributed by atoms with van der Waals surface area (Å²) in [6.45, 7) is 0.552. The number of nitrogens with one attached hydrogen (secondary N) is 2. The molecule has 2 rings (SSSR count). The fraction of sp³-hybridized carbons (Fsp3) is 0.111. The Balaban J connectivity index is 1.98. The minimum absolute atomic E-state index is 0.486. The van der Waals surface area contributed by atoms with Gasteiger partial charge in [-0.3, -0.25) is 0 Å². The average Bonchev–Trinajstić information content (AvgIpc) is 2.67. The van der Waals surface area contributed by atoms with E-state index in [2.05, 4.69) is 20.3 Å². The Morgan fingerprint density at radius 3 is 3.07 bits per heavy atom. The van der Waals surface area contributed by atoms with E-state index in [1.807, 2.05) is 0 Å². The van der Waals surface area contributed by atoms with Crippen LogP contribution in [0.5, 0.6) is 0 Å². The molecule has 4 nitrogen and oxygen atoms in total. The summed E-state index contributed by atoms with van der Waals surface area (Å²) in [7, 11) is 0. The third kappa shape index (κ3) is 2.07. The summed E-state index contributed by atoms with van der Waals surface area (Å²) in [4.78, 5) is 10.4. The second-order valence-corrected chi connectivity index (χ2v) is 2.78. The van der Waals surface area contributed by atoms with Gasteiger partial charge in [-0.25, -0.2) is 9.97 Å². The number of aromatic nitrogens is 3. The van der Waals surface area contributed by atoms with Crippen LogP contribution in [0.1, 0.15) is 5.69 Å². The van der Waals surface area contributed by atoms with Crippen LogP contribution in [0.2, 0.25) is 0 Å². The second kappa shape index (κ2) is 3.87. The second-order valence-electron chi connectivity index (χ2n) is 2.78. The number of rotatable bonds is 3. The van der Waals surface area contributed by atoms with Gasteiger partial charge in [0.1, 0.15) is 5.82 Å². The Morgan fingerprint density at radius 2 is 2.36 bits per heavy atom. The molecule has 14 heavy (non-hydrogen) atoms. The van der Waals surface area contributed by atoms with Crippen LogP contribution in [0.15, 0.2) is 30.7 Å². The maximum absolute atomic E-state index is 12.7. The predicted molar refractivity (Wildman–Crippen MR) is 50.1 cm³/mol. The Hall–Kier alpha value is -1.91. The summed E-state index contributed by atoms with van der Waals surface area (Å²) in [5.74, 6) is 0.0270. The van der Waals surface area contributed by atoms with Crippen LogP contribution in [0.4, 0.5) is 10.2 Å². The van der Waals surface area contributed by atoms with Crippen LogP contribution in [0.3, 0.4) is 0 Å². The van der Waals surface area contributed by atoms with Crippen molar-refractivity contribution in [3.05, 3.63) is 42.4 Å². The zero-order chi connectivity index (χ0) is 9.80. The van der Waals surface area contributed by atoms with E-state index in [1.54, 1.807) is 24.7 Å². The lowest BCUT2D eigenvalue weighted by Gasteiger charge is -2.02. The Morgan fingerprint density at radius 1 is 1.43 bits per heavy atom. The molecule has 0 radical (unpaired) electrons. The summed E-state index contributed by atoms with van der Waals surface area (Å²) >= 11 is 0. The van der Waals surface area contributed by atoms with Gasteiger partial charge in [-0.2, -0.15) is 4.39 Å². The van der Waals surface area contributed by atoms with E-state index in [0.717, 1.165) is 5.69 Å². The maximum Gasteiger partial charge on any atom is 0.214 e. The number of pyridine rings is 1. The average molecular weight is 192 g/mol. The molecule has 0 saturated carbocycles. The molecule has 2 aromatic rings. The lowest BCUT2D eigenvalue weighted by molar-refractivity contribution is 0.585. The fourth-order valence-corrected chi connectivity index (χ4v) is 1.07. The highest BCUT2D eigenvalue weighted by molar-refractivity contribution is 5.33. The molecule has 0 saturated heterocycles. The van der Waals surface area contributed by atoms with Crippen molar-refractivity contribution in [1.82, 2.24) is 15.0 Å². The topological polar surface area (TPSA) is 53.6 Å². The molecule has 2 heterocycles. The van der Waals surface area contributed by atoms with Crippen molar-refractivity contribution in [2.75, 3.05) is 5.32 Å². The fourth-order valence-electron chi connectivity index (χ4n) is 1.07. The highest BCUT2D eigenvalue weighted by Gasteiger charge is 1.96. The lowest BCUT2D eigenvalue weighted by Crippen LogP contribution is -2.01. The smallest absolute Gasteiger partial charge is 0.214 e.